The van der Waals surface area contributed by atoms with E-state index >= 15 is 0 Å². The van der Waals surface area contributed by atoms with Gasteiger partial charge in [-0.3, -0.25) is 15.0 Å². The molecule has 0 spiro atoms. The number of nitrogens with zero attached hydrogens (tertiary/aromatic N) is 4. The van der Waals surface area contributed by atoms with Gasteiger partial charge in [0.1, 0.15) is 0 Å². The second kappa shape index (κ2) is 9.97. The van der Waals surface area contributed by atoms with E-state index in [1.807, 2.05) is 24.8 Å². The van der Waals surface area contributed by atoms with Crippen LogP contribution in [0, 0.1) is 0 Å². The Hall–Kier alpha value is -5.65. The molecule has 9 rings (SSSR count). The fraction of sp³-hybridized carbons (Fsp3) is 0. The molecule has 0 amide bonds. The van der Waals surface area contributed by atoms with Crippen molar-refractivity contribution in [3.63, 3.8) is 0 Å². The van der Waals surface area contributed by atoms with E-state index in [1.165, 1.54) is 20.3 Å². The topological polar surface area (TPSA) is 43.6 Å². The van der Waals surface area contributed by atoms with Crippen LogP contribution in [0.1, 0.15) is 0 Å². The van der Waals surface area contributed by atoms with Crippen LogP contribution >= 0.6 is 11.3 Å². The summed E-state index contributed by atoms with van der Waals surface area (Å²) in [7, 11) is 0. The average molecular weight is 581 g/mol. The van der Waals surface area contributed by atoms with Crippen molar-refractivity contribution in [3.8, 4) is 39.1 Å². The molecule has 0 saturated carbocycles. The van der Waals surface area contributed by atoms with E-state index in [4.69, 9.17) is 9.97 Å². The first-order valence-corrected chi connectivity index (χ1v) is 15.4. The van der Waals surface area contributed by atoms with Gasteiger partial charge in [-0.15, -0.1) is 11.3 Å². The van der Waals surface area contributed by atoms with Crippen LogP contribution in [-0.2, 0) is 0 Å². The van der Waals surface area contributed by atoms with Crippen LogP contribution < -0.4 is 0 Å². The van der Waals surface area contributed by atoms with Gasteiger partial charge in [0.2, 0.25) is 0 Å². The zero-order valence-corrected chi connectivity index (χ0v) is 24.4. The zero-order valence-electron chi connectivity index (χ0n) is 23.6. The molecule has 0 saturated heterocycles. The van der Waals surface area contributed by atoms with E-state index in [9.17, 15) is 0 Å². The third-order valence-corrected chi connectivity index (χ3v) is 9.63. The van der Waals surface area contributed by atoms with E-state index in [2.05, 4.69) is 131 Å². The molecule has 0 unspecified atom stereocenters. The average Bonchev–Trinajstić information content (AvgIpc) is 3.65. The number of fused-ring (bicyclic) bond motifs is 6. The van der Waals surface area contributed by atoms with E-state index in [0.717, 1.165) is 61.0 Å². The number of hydrogen-bond donors (Lipinski definition) is 0. The standard InChI is InChI=1S/C39H24N4S/c1-2-8-27(9-3-1)43-34-12-6-4-10-31(34)36-38(43)30(19-23-41-36)29-15-14-26(24-33(29)25-16-20-40-21-17-25)28-18-22-42-37-32-11-5-7-13-35(32)44-39(28)37/h1-24H. The van der Waals surface area contributed by atoms with Crippen LogP contribution in [-0.4, -0.2) is 19.5 Å². The quantitative estimate of drug-likeness (QED) is 0.208. The van der Waals surface area contributed by atoms with E-state index in [-0.39, 0.29) is 0 Å². The lowest BCUT2D eigenvalue weighted by molar-refractivity contribution is 1.18. The van der Waals surface area contributed by atoms with Crippen LogP contribution in [0.5, 0.6) is 0 Å². The van der Waals surface area contributed by atoms with Gasteiger partial charge in [-0.2, -0.15) is 0 Å². The maximum absolute atomic E-state index is 4.93. The Labute approximate surface area is 257 Å². The summed E-state index contributed by atoms with van der Waals surface area (Å²) in [5, 5.41) is 2.34. The van der Waals surface area contributed by atoms with Crippen molar-refractivity contribution in [3.05, 3.63) is 146 Å². The van der Waals surface area contributed by atoms with Crippen molar-refractivity contribution in [2.24, 2.45) is 0 Å². The third-order valence-electron chi connectivity index (χ3n) is 8.43. The monoisotopic (exact) mass is 580 g/mol. The highest BCUT2D eigenvalue weighted by atomic mass is 32.1. The van der Waals surface area contributed by atoms with Gasteiger partial charge in [-0.1, -0.05) is 66.7 Å². The molecule has 0 N–H and O–H groups in total. The van der Waals surface area contributed by atoms with Crippen molar-refractivity contribution in [1.29, 1.82) is 0 Å². The van der Waals surface area contributed by atoms with E-state index < -0.39 is 0 Å². The van der Waals surface area contributed by atoms with Gasteiger partial charge in [-0.05, 0) is 76.9 Å². The predicted molar refractivity (Wildman–Crippen MR) is 183 cm³/mol. The number of aromatic nitrogens is 4. The molecule has 0 atom stereocenters. The number of benzene rings is 4. The lowest BCUT2D eigenvalue weighted by Crippen LogP contribution is -1.97. The summed E-state index contributed by atoms with van der Waals surface area (Å²) in [6.07, 6.45) is 7.60. The van der Waals surface area contributed by atoms with Crippen LogP contribution in [0.2, 0.25) is 0 Å². The molecule has 0 fully saturated rings. The van der Waals surface area contributed by atoms with Crippen molar-refractivity contribution in [1.82, 2.24) is 19.5 Å². The highest BCUT2D eigenvalue weighted by molar-refractivity contribution is 7.26. The minimum Gasteiger partial charge on any atom is -0.307 e. The summed E-state index contributed by atoms with van der Waals surface area (Å²) in [6, 6.07) is 42.9. The van der Waals surface area contributed by atoms with Gasteiger partial charge in [-0.25, -0.2) is 0 Å². The summed E-state index contributed by atoms with van der Waals surface area (Å²) < 4.78 is 4.81. The fourth-order valence-corrected chi connectivity index (χ4v) is 7.67. The van der Waals surface area contributed by atoms with Crippen molar-refractivity contribution in [2.45, 2.75) is 0 Å². The number of rotatable bonds is 4. The third kappa shape index (κ3) is 3.80. The Bertz CT molecular complexity index is 2490. The second-order valence-corrected chi connectivity index (χ2v) is 11.9. The Morgan fingerprint density at radius 1 is 0.500 bits per heavy atom. The number of thiophene rings is 1. The van der Waals surface area contributed by atoms with Crippen molar-refractivity contribution in [2.75, 3.05) is 0 Å². The molecule has 4 aromatic carbocycles. The van der Waals surface area contributed by atoms with E-state index in [0.29, 0.717) is 0 Å². The molecule has 0 aliphatic heterocycles. The molecule has 0 radical (unpaired) electrons. The van der Waals surface area contributed by atoms with Gasteiger partial charge in [0.15, 0.2) is 0 Å². The number of pyridine rings is 3. The second-order valence-electron chi connectivity index (χ2n) is 10.9. The van der Waals surface area contributed by atoms with Gasteiger partial charge in [0.25, 0.3) is 0 Å². The minimum atomic E-state index is 0.993. The Balaban J connectivity index is 1.35. The minimum absolute atomic E-state index is 0.993. The molecule has 9 aromatic rings. The molecule has 0 bridgehead atoms. The zero-order chi connectivity index (χ0) is 29.0. The molecule has 5 heteroatoms. The first-order chi connectivity index (χ1) is 21.8. The Morgan fingerprint density at radius 2 is 1.23 bits per heavy atom. The van der Waals surface area contributed by atoms with Crippen molar-refractivity contribution >= 4 is 53.6 Å². The van der Waals surface area contributed by atoms with Crippen LogP contribution in [0.4, 0.5) is 0 Å². The van der Waals surface area contributed by atoms with Crippen LogP contribution in [0.15, 0.2) is 146 Å². The van der Waals surface area contributed by atoms with Gasteiger partial charge >= 0.3 is 0 Å². The summed E-state index contributed by atoms with van der Waals surface area (Å²) >= 11 is 1.81. The Morgan fingerprint density at radius 3 is 2.09 bits per heavy atom. The van der Waals surface area contributed by atoms with Gasteiger partial charge in [0, 0.05) is 57.1 Å². The normalized spacial score (nSPS) is 11.6. The molecular weight excluding hydrogens is 557 g/mol. The van der Waals surface area contributed by atoms with Gasteiger partial charge in [0.05, 0.1) is 26.8 Å². The molecule has 5 heterocycles. The number of hydrogen-bond acceptors (Lipinski definition) is 4. The maximum Gasteiger partial charge on any atom is 0.0969 e. The van der Waals surface area contributed by atoms with Crippen LogP contribution in [0.25, 0.3) is 81.3 Å². The Kier molecular flexibility index (Phi) is 5.64. The molecule has 0 aliphatic rings. The molecule has 44 heavy (non-hydrogen) atoms. The summed E-state index contributed by atoms with van der Waals surface area (Å²) in [4.78, 5) is 14.0. The summed E-state index contributed by atoms with van der Waals surface area (Å²) in [6.45, 7) is 0. The SMILES string of the molecule is c1ccc(-n2c3ccccc3c3nccc(-c4ccc(-c5ccnc6c5sc5ccccc56)cc4-c4ccncc4)c32)cc1. The highest BCUT2D eigenvalue weighted by Crippen LogP contribution is 2.44. The molecular formula is C39H24N4S. The van der Waals surface area contributed by atoms with Crippen LogP contribution in [0.3, 0.4) is 0 Å². The lowest BCUT2D eigenvalue weighted by atomic mass is 9.91. The highest BCUT2D eigenvalue weighted by Gasteiger charge is 2.20. The largest absolute Gasteiger partial charge is 0.307 e. The molecule has 4 nitrogen and oxygen atoms in total. The first kappa shape index (κ1) is 24.9. The lowest BCUT2D eigenvalue weighted by Gasteiger charge is -2.16. The fourth-order valence-electron chi connectivity index (χ4n) is 6.48. The number of para-hydroxylation sites is 2. The maximum atomic E-state index is 4.93. The smallest absolute Gasteiger partial charge is 0.0969 e. The van der Waals surface area contributed by atoms with Gasteiger partial charge < -0.3 is 4.57 Å². The molecule has 5 aromatic heterocycles. The first-order valence-electron chi connectivity index (χ1n) is 14.6. The molecule has 206 valence electrons. The van der Waals surface area contributed by atoms with Crippen molar-refractivity contribution < 1.29 is 0 Å². The van der Waals surface area contributed by atoms with E-state index in [1.54, 1.807) is 11.3 Å². The summed E-state index contributed by atoms with van der Waals surface area (Å²) in [5.74, 6) is 0. The molecule has 0 aliphatic carbocycles. The summed E-state index contributed by atoms with van der Waals surface area (Å²) in [5.41, 5.74) is 12.3. The predicted octanol–water partition coefficient (Wildman–Crippen LogP) is 10.3.